The predicted molar refractivity (Wildman–Crippen MR) is 158 cm³/mol. The van der Waals surface area contributed by atoms with Crippen molar-refractivity contribution in [3.05, 3.63) is 135 Å². The highest BCUT2D eigenvalue weighted by Crippen LogP contribution is 2.69. The molecule has 2 N–H and O–H groups in total. The van der Waals surface area contributed by atoms with Crippen molar-refractivity contribution in [2.24, 2.45) is 0 Å². The van der Waals surface area contributed by atoms with Gasteiger partial charge in [-0.15, -0.1) is 11.3 Å². The van der Waals surface area contributed by atoms with Gasteiger partial charge in [-0.1, -0.05) is 60.7 Å². The zero-order chi connectivity index (χ0) is 27.9. The zero-order valence-corrected chi connectivity index (χ0v) is 22.9. The molecular weight excluding hydrogens is 533 g/mol. The molecule has 1 heterocycles. The van der Waals surface area contributed by atoms with Crippen molar-refractivity contribution >= 4 is 34.0 Å². The summed E-state index contributed by atoms with van der Waals surface area (Å²) in [4.78, 5) is 31.7. The molecule has 1 aromatic heterocycles. The highest BCUT2D eigenvalue weighted by Gasteiger charge is 2.64. The number of hydrogen-bond acceptors (Lipinski definition) is 4. The number of carbonyl (C=O) groups is 2. The second kappa shape index (κ2) is 8.69. The molecule has 200 valence electrons. The number of fused-ring (bicyclic) bond motifs is 4. The molecular formula is C34H24FN3O2S. The molecule has 2 amide bonds. The van der Waals surface area contributed by atoms with E-state index in [1.54, 1.807) is 37.3 Å². The van der Waals surface area contributed by atoms with Gasteiger partial charge >= 0.3 is 0 Å². The summed E-state index contributed by atoms with van der Waals surface area (Å²) < 4.78 is 13.9. The van der Waals surface area contributed by atoms with Crippen LogP contribution in [0.25, 0.3) is 11.3 Å². The number of halogens is 1. The quantitative estimate of drug-likeness (QED) is 0.237. The van der Waals surface area contributed by atoms with Crippen molar-refractivity contribution in [1.82, 2.24) is 4.98 Å². The first-order valence-corrected chi connectivity index (χ1v) is 14.5. The number of aryl methyl sites for hydroxylation is 1. The Balaban J connectivity index is 1.05. The summed E-state index contributed by atoms with van der Waals surface area (Å²) in [6.07, 6.45) is 0.785. The summed E-state index contributed by atoms with van der Waals surface area (Å²) in [5.74, 6) is -0.440. The van der Waals surface area contributed by atoms with Gasteiger partial charge in [0.25, 0.3) is 5.91 Å². The molecule has 0 saturated carbocycles. The molecule has 0 radical (unpaired) electrons. The average Bonchev–Trinajstić information content (AvgIpc) is 3.62. The fourth-order valence-electron chi connectivity index (χ4n) is 7.19. The van der Waals surface area contributed by atoms with Gasteiger partial charge in [-0.05, 0) is 71.0 Å². The van der Waals surface area contributed by atoms with Crippen LogP contribution in [-0.2, 0) is 10.2 Å². The van der Waals surface area contributed by atoms with E-state index in [0.717, 1.165) is 17.5 Å². The minimum Gasteiger partial charge on any atom is -0.322 e. The van der Waals surface area contributed by atoms with E-state index in [9.17, 15) is 14.0 Å². The fraction of sp³-hybridized carbons (Fsp3) is 0.147. The Morgan fingerprint density at radius 3 is 2.59 bits per heavy atom. The standard InChI is InChI=1S/C34H24FN3O2S/c1-18-12-13-21(15-27(18)35)36-31(39)20-7-4-6-19(14-20)28-17-41-33(37-28)38-32(40)34-16-25-22-8-2-3-9-23(22)30(34)24-10-5-11-26(34)29(24)25/h2-15,17,25,30H,16H2,1H3,(H,36,39)(H,37,38,40). The topological polar surface area (TPSA) is 71.1 Å². The number of rotatable bonds is 5. The average molecular weight is 558 g/mol. The molecule has 0 saturated heterocycles. The van der Waals surface area contributed by atoms with E-state index in [1.165, 1.54) is 39.7 Å². The molecule has 0 spiro atoms. The number of carbonyl (C=O) groups excluding carboxylic acids is 2. The molecule has 4 aromatic carbocycles. The number of benzene rings is 4. The number of nitrogens with zero attached hydrogens (tertiary/aromatic N) is 1. The lowest BCUT2D eigenvalue weighted by Crippen LogP contribution is -2.45. The van der Waals surface area contributed by atoms with Crippen molar-refractivity contribution in [3.63, 3.8) is 0 Å². The van der Waals surface area contributed by atoms with Gasteiger partial charge in [0.2, 0.25) is 5.91 Å². The van der Waals surface area contributed by atoms with E-state index in [4.69, 9.17) is 4.98 Å². The van der Waals surface area contributed by atoms with Crippen molar-refractivity contribution in [2.75, 3.05) is 10.6 Å². The SMILES string of the molecule is Cc1ccc(NC(=O)c2cccc(-c3csc(NC(=O)C45CC6c7ccccc7C4c4cccc5c46)n3)c2)cc1F. The van der Waals surface area contributed by atoms with Gasteiger partial charge in [-0.3, -0.25) is 9.59 Å². The van der Waals surface area contributed by atoms with Crippen molar-refractivity contribution in [3.8, 4) is 11.3 Å². The van der Waals surface area contributed by atoms with Crippen LogP contribution >= 0.6 is 11.3 Å². The van der Waals surface area contributed by atoms with Gasteiger partial charge in [0, 0.05) is 34.0 Å². The minimum absolute atomic E-state index is 0.0127. The Bertz CT molecular complexity index is 1930. The second-order valence-corrected chi connectivity index (χ2v) is 11.9. The number of aromatic nitrogens is 1. The first-order valence-electron chi connectivity index (χ1n) is 13.6. The molecule has 3 atom stereocenters. The summed E-state index contributed by atoms with van der Waals surface area (Å²) in [6.45, 7) is 1.67. The lowest BCUT2D eigenvalue weighted by molar-refractivity contribution is -0.122. The van der Waals surface area contributed by atoms with Gasteiger partial charge in [0.1, 0.15) is 5.82 Å². The van der Waals surface area contributed by atoms with E-state index in [-0.39, 0.29) is 29.5 Å². The normalized spacial score (nSPS) is 20.6. The van der Waals surface area contributed by atoms with E-state index in [1.807, 2.05) is 11.4 Å². The molecule has 3 unspecified atom stereocenters. The Morgan fingerprint density at radius 1 is 0.927 bits per heavy atom. The molecule has 5 nitrogen and oxygen atoms in total. The lowest BCUT2D eigenvalue weighted by Gasteiger charge is -2.43. The van der Waals surface area contributed by atoms with Crippen LogP contribution in [0.4, 0.5) is 15.2 Å². The fourth-order valence-corrected chi connectivity index (χ4v) is 7.90. The van der Waals surface area contributed by atoms with E-state index < -0.39 is 5.41 Å². The summed E-state index contributed by atoms with van der Waals surface area (Å²) in [7, 11) is 0. The molecule has 3 aliphatic rings. The smallest absolute Gasteiger partial charge is 0.255 e. The highest BCUT2D eigenvalue weighted by atomic mass is 32.1. The molecule has 8 rings (SSSR count). The number of nitrogens with one attached hydrogen (secondary N) is 2. The van der Waals surface area contributed by atoms with Crippen LogP contribution < -0.4 is 10.6 Å². The molecule has 3 aliphatic carbocycles. The van der Waals surface area contributed by atoms with Crippen molar-refractivity contribution < 1.29 is 14.0 Å². The maximum absolute atomic E-state index is 14.1. The molecule has 41 heavy (non-hydrogen) atoms. The Kier molecular flexibility index (Phi) is 5.13. The molecule has 5 aromatic rings. The van der Waals surface area contributed by atoms with E-state index in [0.29, 0.717) is 27.6 Å². The molecule has 0 fully saturated rings. The lowest BCUT2D eigenvalue weighted by atomic mass is 9.59. The van der Waals surface area contributed by atoms with Crippen LogP contribution in [0, 0.1) is 12.7 Å². The second-order valence-electron chi connectivity index (χ2n) is 11.1. The zero-order valence-electron chi connectivity index (χ0n) is 22.1. The van der Waals surface area contributed by atoms with Gasteiger partial charge < -0.3 is 10.6 Å². The van der Waals surface area contributed by atoms with Crippen LogP contribution in [0.15, 0.2) is 90.3 Å². The van der Waals surface area contributed by atoms with Crippen molar-refractivity contribution in [1.29, 1.82) is 0 Å². The third kappa shape index (κ3) is 3.42. The number of hydrogen-bond donors (Lipinski definition) is 2. The molecule has 5 bridgehead atoms. The third-order valence-electron chi connectivity index (χ3n) is 8.96. The van der Waals surface area contributed by atoms with Crippen LogP contribution in [0.2, 0.25) is 0 Å². The summed E-state index contributed by atoms with van der Waals surface area (Å²) in [5.41, 5.74) is 8.55. The van der Waals surface area contributed by atoms with Crippen LogP contribution in [0.1, 0.15) is 62.0 Å². The summed E-state index contributed by atoms with van der Waals surface area (Å²) in [5, 5.41) is 8.33. The predicted octanol–water partition coefficient (Wildman–Crippen LogP) is 7.38. The number of amides is 2. The van der Waals surface area contributed by atoms with E-state index >= 15 is 0 Å². The highest BCUT2D eigenvalue weighted by molar-refractivity contribution is 7.14. The maximum atomic E-state index is 14.1. The molecule has 0 aliphatic heterocycles. The van der Waals surface area contributed by atoms with Gasteiger partial charge in [-0.25, -0.2) is 9.37 Å². The Morgan fingerprint density at radius 2 is 1.73 bits per heavy atom. The van der Waals surface area contributed by atoms with Crippen LogP contribution in [0.3, 0.4) is 0 Å². The monoisotopic (exact) mass is 557 g/mol. The molecule has 7 heteroatoms. The third-order valence-corrected chi connectivity index (χ3v) is 9.72. The number of anilines is 2. The maximum Gasteiger partial charge on any atom is 0.255 e. The van der Waals surface area contributed by atoms with Gasteiger partial charge in [0.15, 0.2) is 5.13 Å². The number of thiazole rings is 1. The Labute approximate surface area is 240 Å². The van der Waals surface area contributed by atoms with Crippen LogP contribution in [-0.4, -0.2) is 16.8 Å². The van der Waals surface area contributed by atoms with Gasteiger partial charge in [0.05, 0.1) is 11.1 Å². The van der Waals surface area contributed by atoms with Crippen LogP contribution in [0.5, 0.6) is 0 Å². The summed E-state index contributed by atoms with van der Waals surface area (Å²) >= 11 is 1.37. The summed E-state index contributed by atoms with van der Waals surface area (Å²) in [6, 6.07) is 26.7. The van der Waals surface area contributed by atoms with Crippen molar-refractivity contribution in [2.45, 2.75) is 30.6 Å². The van der Waals surface area contributed by atoms with Gasteiger partial charge in [-0.2, -0.15) is 0 Å². The largest absolute Gasteiger partial charge is 0.322 e. The minimum atomic E-state index is -0.619. The first-order chi connectivity index (χ1) is 19.9. The Hall–Kier alpha value is -4.62. The van der Waals surface area contributed by atoms with E-state index in [2.05, 4.69) is 53.1 Å². The first kappa shape index (κ1) is 24.2.